The van der Waals surface area contributed by atoms with Crippen molar-refractivity contribution >= 4 is 21.9 Å². The second-order valence-corrected chi connectivity index (χ2v) is 7.33. The molecule has 120 valence electrons. The van der Waals surface area contributed by atoms with Crippen LogP contribution in [0.1, 0.15) is 27.7 Å². The molecule has 0 radical (unpaired) electrons. The van der Waals surface area contributed by atoms with Gasteiger partial charge in [0.05, 0.1) is 12.4 Å². The normalized spacial score (nSPS) is 12.5. The minimum atomic E-state index is -3.31. The molecule has 0 fully saturated rings. The lowest BCUT2D eigenvalue weighted by atomic mass is 10.1. The molecule has 0 aliphatic rings. The van der Waals surface area contributed by atoms with Crippen LogP contribution in [0.15, 0.2) is 0 Å². The number of hydrogen-bond donors (Lipinski definition) is 3. The van der Waals surface area contributed by atoms with E-state index in [0.717, 1.165) is 6.26 Å². The number of nitrogen functional groups attached to an aromatic ring is 1. The quantitative estimate of drug-likeness (QED) is 0.639. The van der Waals surface area contributed by atoms with E-state index in [1.807, 2.05) is 13.8 Å². The predicted molar refractivity (Wildman–Crippen MR) is 80.6 cm³/mol. The first-order valence-corrected chi connectivity index (χ1v) is 8.27. The van der Waals surface area contributed by atoms with Gasteiger partial charge >= 0.3 is 6.01 Å². The molecule has 0 saturated carbocycles. The fourth-order valence-corrected chi connectivity index (χ4v) is 2.63. The van der Waals surface area contributed by atoms with Gasteiger partial charge in [-0.3, -0.25) is 0 Å². The van der Waals surface area contributed by atoms with Gasteiger partial charge in [0, 0.05) is 12.1 Å². The third kappa shape index (κ3) is 7.04. The summed E-state index contributed by atoms with van der Waals surface area (Å²) in [6.45, 7) is 7.41. The first kappa shape index (κ1) is 17.4. The summed E-state index contributed by atoms with van der Waals surface area (Å²) in [6, 6.07) is 0.119. The van der Waals surface area contributed by atoms with Gasteiger partial charge in [-0.05, 0) is 27.7 Å². The highest BCUT2D eigenvalue weighted by Gasteiger charge is 2.22. The highest BCUT2D eigenvalue weighted by atomic mass is 32.2. The molecule has 9 nitrogen and oxygen atoms in total. The van der Waals surface area contributed by atoms with Gasteiger partial charge in [-0.15, -0.1) is 0 Å². The Morgan fingerprint density at radius 3 is 2.43 bits per heavy atom. The average molecular weight is 318 g/mol. The predicted octanol–water partition coefficient (Wildman–Crippen LogP) is -0.0193. The van der Waals surface area contributed by atoms with Crippen LogP contribution in [0.3, 0.4) is 0 Å². The molecule has 0 aliphatic heterocycles. The summed E-state index contributed by atoms with van der Waals surface area (Å²) in [5.41, 5.74) is 4.87. The molecular formula is C11H22N6O3S. The summed E-state index contributed by atoms with van der Waals surface area (Å²) in [6.07, 6.45) is 1.01. The number of nitrogens with two attached hydrogens (primary N) is 1. The van der Waals surface area contributed by atoms with E-state index >= 15 is 0 Å². The Bertz CT molecular complexity index is 588. The van der Waals surface area contributed by atoms with Crippen LogP contribution >= 0.6 is 0 Å². The summed E-state index contributed by atoms with van der Waals surface area (Å²) in [4.78, 5) is 11.8. The highest BCUT2D eigenvalue weighted by Crippen LogP contribution is 2.12. The molecule has 0 amide bonds. The molecule has 0 unspecified atom stereocenters. The van der Waals surface area contributed by atoms with Gasteiger partial charge in [0.25, 0.3) is 0 Å². The van der Waals surface area contributed by atoms with Crippen LogP contribution in [-0.2, 0) is 10.0 Å². The van der Waals surface area contributed by atoms with Crippen molar-refractivity contribution in [2.75, 3.05) is 23.9 Å². The Morgan fingerprint density at radius 2 is 1.90 bits per heavy atom. The first-order valence-electron chi connectivity index (χ1n) is 6.38. The van der Waals surface area contributed by atoms with Crippen LogP contribution in [0.4, 0.5) is 11.9 Å². The Hall–Kier alpha value is -1.68. The van der Waals surface area contributed by atoms with Gasteiger partial charge in [0.15, 0.2) is 0 Å². The number of anilines is 2. The summed E-state index contributed by atoms with van der Waals surface area (Å²) in [5, 5.41) is 2.91. The zero-order valence-corrected chi connectivity index (χ0v) is 13.7. The van der Waals surface area contributed by atoms with Gasteiger partial charge in [-0.2, -0.15) is 15.0 Å². The minimum Gasteiger partial charge on any atom is -0.461 e. The van der Waals surface area contributed by atoms with Crippen LogP contribution in [0.2, 0.25) is 0 Å². The number of nitrogens with zero attached hydrogens (tertiary/aromatic N) is 3. The molecule has 0 atom stereocenters. The van der Waals surface area contributed by atoms with Crippen molar-refractivity contribution in [1.29, 1.82) is 0 Å². The van der Waals surface area contributed by atoms with Gasteiger partial charge in [0.2, 0.25) is 21.9 Å². The standard InChI is InChI=1S/C11H22N6O3S/c1-7(2)20-10-15-8(12)14-9(16-10)13-6-11(3,4)17-21(5,18)19/h7,17H,6H2,1-5H3,(H3,12,13,14,15,16). The molecule has 0 aromatic carbocycles. The van der Waals surface area contributed by atoms with Crippen molar-refractivity contribution in [2.24, 2.45) is 0 Å². The van der Waals surface area contributed by atoms with E-state index in [4.69, 9.17) is 10.5 Å². The summed E-state index contributed by atoms with van der Waals surface area (Å²) >= 11 is 0. The van der Waals surface area contributed by atoms with Crippen molar-refractivity contribution in [1.82, 2.24) is 19.7 Å². The van der Waals surface area contributed by atoms with Crippen molar-refractivity contribution in [3.05, 3.63) is 0 Å². The third-order valence-electron chi connectivity index (χ3n) is 2.12. The Balaban J connectivity index is 2.77. The van der Waals surface area contributed by atoms with E-state index < -0.39 is 15.6 Å². The van der Waals surface area contributed by atoms with E-state index in [2.05, 4.69) is 25.0 Å². The van der Waals surface area contributed by atoms with E-state index in [1.54, 1.807) is 13.8 Å². The number of sulfonamides is 1. The maximum Gasteiger partial charge on any atom is 0.323 e. The minimum absolute atomic E-state index is 0.0250. The van der Waals surface area contributed by atoms with Crippen LogP contribution in [0.25, 0.3) is 0 Å². The zero-order valence-electron chi connectivity index (χ0n) is 12.8. The Kier molecular flexibility index (Phi) is 5.29. The SMILES string of the molecule is CC(C)Oc1nc(N)nc(NCC(C)(C)NS(C)(=O)=O)n1. The first-order chi connectivity index (χ1) is 9.47. The van der Waals surface area contributed by atoms with Crippen LogP contribution in [0, 0.1) is 0 Å². The molecular weight excluding hydrogens is 296 g/mol. The number of ether oxygens (including phenoxy) is 1. The largest absolute Gasteiger partial charge is 0.461 e. The van der Waals surface area contributed by atoms with Gasteiger partial charge in [-0.25, -0.2) is 13.1 Å². The lowest BCUT2D eigenvalue weighted by Gasteiger charge is -2.25. The molecule has 1 aromatic heterocycles. The Morgan fingerprint density at radius 1 is 1.29 bits per heavy atom. The molecule has 10 heteroatoms. The maximum atomic E-state index is 11.3. The fourth-order valence-electron chi connectivity index (χ4n) is 1.55. The van der Waals surface area contributed by atoms with Crippen molar-refractivity contribution in [3.63, 3.8) is 0 Å². The molecule has 0 aliphatic carbocycles. The van der Waals surface area contributed by atoms with Crippen LogP contribution in [-0.4, -0.2) is 47.8 Å². The van der Waals surface area contributed by atoms with E-state index in [1.165, 1.54) is 0 Å². The molecule has 4 N–H and O–H groups in total. The van der Waals surface area contributed by atoms with Gasteiger partial charge in [-0.1, -0.05) is 0 Å². The smallest absolute Gasteiger partial charge is 0.323 e. The van der Waals surface area contributed by atoms with E-state index in [-0.39, 0.29) is 30.6 Å². The van der Waals surface area contributed by atoms with Crippen LogP contribution < -0.4 is 20.5 Å². The maximum absolute atomic E-state index is 11.3. The monoisotopic (exact) mass is 318 g/mol. The van der Waals surface area contributed by atoms with Gasteiger partial charge in [0.1, 0.15) is 0 Å². The number of aromatic nitrogens is 3. The van der Waals surface area contributed by atoms with Crippen molar-refractivity contribution in [3.8, 4) is 6.01 Å². The molecule has 21 heavy (non-hydrogen) atoms. The topological polar surface area (TPSA) is 132 Å². The molecule has 0 bridgehead atoms. The van der Waals surface area contributed by atoms with Crippen molar-refractivity contribution < 1.29 is 13.2 Å². The lowest BCUT2D eigenvalue weighted by Crippen LogP contribution is -2.48. The second kappa shape index (κ2) is 6.39. The summed E-state index contributed by atoms with van der Waals surface area (Å²) in [5.74, 6) is 0.249. The molecule has 1 rings (SSSR count). The van der Waals surface area contributed by atoms with E-state index in [9.17, 15) is 8.42 Å². The lowest BCUT2D eigenvalue weighted by molar-refractivity contribution is 0.222. The summed E-state index contributed by atoms with van der Waals surface area (Å²) < 4.78 is 30.4. The molecule has 0 spiro atoms. The van der Waals surface area contributed by atoms with Crippen molar-refractivity contribution in [2.45, 2.75) is 39.3 Å². The Labute approximate surface area is 124 Å². The summed E-state index contributed by atoms with van der Waals surface area (Å²) in [7, 11) is -3.31. The number of nitrogens with one attached hydrogen (secondary N) is 2. The molecule has 1 aromatic rings. The third-order valence-corrected chi connectivity index (χ3v) is 3.05. The second-order valence-electron chi connectivity index (χ2n) is 5.58. The molecule has 1 heterocycles. The van der Waals surface area contributed by atoms with E-state index in [0.29, 0.717) is 0 Å². The fraction of sp³-hybridized carbons (Fsp3) is 0.727. The van der Waals surface area contributed by atoms with Crippen LogP contribution in [0.5, 0.6) is 6.01 Å². The zero-order chi connectivity index (χ0) is 16.3. The molecule has 0 saturated heterocycles. The number of hydrogen-bond acceptors (Lipinski definition) is 8. The number of rotatable bonds is 7. The average Bonchev–Trinajstić information content (AvgIpc) is 2.21. The van der Waals surface area contributed by atoms with Gasteiger partial charge < -0.3 is 15.8 Å². The highest BCUT2D eigenvalue weighted by molar-refractivity contribution is 7.88.